The molecule has 0 saturated carbocycles. The Morgan fingerprint density at radius 2 is 1.46 bits per heavy atom. The molecule has 0 aliphatic rings. The third-order valence-corrected chi connectivity index (χ3v) is 6.51. The van der Waals surface area contributed by atoms with Gasteiger partial charge in [0, 0.05) is 24.6 Å². The SMILES string of the molecule is COc1ccc(NC(=O)C(c2cc(OC)c(OC)c(OC)c2)N(Cc2cccnc2)C(=O)Cc2ccccc2)cc1. The second kappa shape index (κ2) is 13.8. The third kappa shape index (κ3) is 7.13. The number of ether oxygens (including phenoxy) is 4. The number of hydrogen-bond acceptors (Lipinski definition) is 7. The lowest BCUT2D eigenvalue weighted by molar-refractivity contribution is -0.139. The topological polar surface area (TPSA) is 99.2 Å². The molecule has 9 heteroatoms. The van der Waals surface area contributed by atoms with Crippen LogP contribution in [0.1, 0.15) is 22.7 Å². The van der Waals surface area contributed by atoms with E-state index in [1.54, 1.807) is 66.9 Å². The van der Waals surface area contributed by atoms with Crippen LogP contribution in [0.4, 0.5) is 5.69 Å². The third-order valence-electron chi connectivity index (χ3n) is 6.51. The molecule has 0 aliphatic carbocycles. The van der Waals surface area contributed by atoms with Crippen LogP contribution in [0.3, 0.4) is 0 Å². The lowest BCUT2D eigenvalue weighted by atomic mass is 10.00. The minimum atomic E-state index is -1.07. The average molecular weight is 556 g/mol. The number of methoxy groups -OCH3 is 4. The molecule has 0 fully saturated rings. The number of pyridine rings is 1. The van der Waals surface area contributed by atoms with E-state index in [2.05, 4.69) is 10.3 Å². The van der Waals surface area contributed by atoms with Crippen LogP contribution in [-0.4, -0.2) is 50.1 Å². The molecule has 0 saturated heterocycles. The number of carbonyl (C=O) groups is 2. The van der Waals surface area contributed by atoms with Crippen LogP contribution >= 0.6 is 0 Å². The Hall–Kier alpha value is -5.05. The van der Waals surface area contributed by atoms with E-state index in [1.165, 1.54) is 21.3 Å². The highest BCUT2D eigenvalue weighted by atomic mass is 16.5. The van der Waals surface area contributed by atoms with Crippen molar-refractivity contribution >= 4 is 17.5 Å². The summed E-state index contributed by atoms with van der Waals surface area (Å²) in [4.78, 5) is 33.9. The second-order valence-corrected chi connectivity index (χ2v) is 9.12. The zero-order chi connectivity index (χ0) is 29.2. The molecule has 1 heterocycles. The van der Waals surface area contributed by atoms with E-state index in [1.807, 2.05) is 36.4 Å². The molecule has 4 aromatic rings. The van der Waals surface area contributed by atoms with Crippen molar-refractivity contribution in [3.63, 3.8) is 0 Å². The van der Waals surface area contributed by atoms with Crippen LogP contribution in [0, 0.1) is 0 Å². The molecule has 1 atom stereocenters. The van der Waals surface area contributed by atoms with Crippen LogP contribution in [0.5, 0.6) is 23.0 Å². The summed E-state index contributed by atoms with van der Waals surface area (Å²) < 4.78 is 21.9. The van der Waals surface area contributed by atoms with E-state index in [0.29, 0.717) is 34.2 Å². The molecule has 3 aromatic carbocycles. The van der Waals surface area contributed by atoms with Crippen LogP contribution < -0.4 is 24.3 Å². The van der Waals surface area contributed by atoms with Crippen molar-refractivity contribution in [2.24, 2.45) is 0 Å². The van der Waals surface area contributed by atoms with Gasteiger partial charge in [-0.25, -0.2) is 0 Å². The van der Waals surface area contributed by atoms with Gasteiger partial charge in [0.15, 0.2) is 11.5 Å². The predicted molar refractivity (Wildman–Crippen MR) is 155 cm³/mol. The fourth-order valence-electron chi connectivity index (χ4n) is 4.50. The quantitative estimate of drug-likeness (QED) is 0.261. The molecule has 1 aromatic heterocycles. The summed E-state index contributed by atoms with van der Waals surface area (Å²) in [6, 6.07) is 22.3. The Bertz CT molecular complexity index is 1420. The largest absolute Gasteiger partial charge is 0.497 e. The Morgan fingerprint density at radius 3 is 2.02 bits per heavy atom. The Kier molecular flexibility index (Phi) is 9.77. The van der Waals surface area contributed by atoms with Crippen molar-refractivity contribution in [2.45, 2.75) is 19.0 Å². The normalized spacial score (nSPS) is 11.2. The summed E-state index contributed by atoms with van der Waals surface area (Å²) in [6.07, 6.45) is 3.43. The van der Waals surface area contributed by atoms with Crippen molar-refractivity contribution in [1.29, 1.82) is 0 Å². The maximum absolute atomic E-state index is 14.1. The summed E-state index contributed by atoms with van der Waals surface area (Å²) in [5.41, 5.74) is 2.62. The van der Waals surface area contributed by atoms with E-state index in [0.717, 1.165) is 11.1 Å². The Labute approximate surface area is 239 Å². The standard InChI is InChI=1S/C32H33N3O6/c1-38-26-14-12-25(13-15-26)34-32(37)30(24-18-27(39-2)31(41-4)28(19-24)40-3)35(21-23-11-8-16-33-20-23)29(36)17-22-9-6-5-7-10-22/h5-16,18-20,30H,17,21H2,1-4H3,(H,34,37). The molecule has 1 unspecified atom stereocenters. The van der Waals surface area contributed by atoms with Crippen LogP contribution in [-0.2, 0) is 22.6 Å². The van der Waals surface area contributed by atoms with E-state index in [-0.39, 0.29) is 18.9 Å². The maximum atomic E-state index is 14.1. The zero-order valence-corrected chi connectivity index (χ0v) is 23.5. The molecule has 0 radical (unpaired) electrons. The number of hydrogen-bond donors (Lipinski definition) is 1. The van der Waals surface area contributed by atoms with E-state index >= 15 is 0 Å². The highest BCUT2D eigenvalue weighted by Crippen LogP contribution is 2.41. The number of aromatic nitrogens is 1. The molecule has 0 aliphatic heterocycles. The van der Waals surface area contributed by atoms with Crippen LogP contribution in [0.15, 0.2) is 91.3 Å². The first-order valence-electron chi connectivity index (χ1n) is 12.9. The first-order valence-corrected chi connectivity index (χ1v) is 12.9. The molecule has 4 rings (SSSR count). The molecular formula is C32H33N3O6. The van der Waals surface area contributed by atoms with Crippen molar-refractivity contribution in [1.82, 2.24) is 9.88 Å². The summed E-state index contributed by atoms with van der Waals surface area (Å²) >= 11 is 0. The van der Waals surface area contributed by atoms with Gasteiger partial charge in [-0.1, -0.05) is 36.4 Å². The molecule has 9 nitrogen and oxygen atoms in total. The smallest absolute Gasteiger partial charge is 0.251 e. The summed E-state index contributed by atoms with van der Waals surface area (Å²) in [5, 5.41) is 2.96. The highest BCUT2D eigenvalue weighted by Gasteiger charge is 2.33. The maximum Gasteiger partial charge on any atom is 0.251 e. The van der Waals surface area contributed by atoms with Crippen LogP contribution in [0.25, 0.3) is 0 Å². The van der Waals surface area contributed by atoms with Crippen molar-refractivity contribution in [3.05, 3.63) is 108 Å². The fourth-order valence-corrected chi connectivity index (χ4v) is 4.50. The van der Waals surface area contributed by atoms with Gasteiger partial charge in [0.05, 0.1) is 34.9 Å². The molecule has 0 bridgehead atoms. The minimum absolute atomic E-state index is 0.0951. The summed E-state index contributed by atoms with van der Waals surface area (Å²) in [5.74, 6) is 1.09. The molecule has 2 amide bonds. The van der Waals surface area contributed by atoms with Crippen molar-refractivity contribution < 1.29 is 28.5 Å². The second-order valence-electron chi connectivity index (χ2n) is 9.12. The van der Waals surface area contributed by atoms with Gasteiger partial charge in [-0.2, -0.15) is 0 Å². The molecule has 41 heavy (non-hydrogen) atoms. The van der Waals surface area contributed by atoms with E-state index < -0.39 is 11.9 Å². The summed E-state index contributed by atoms with van der Waals surface area (Å²) in [6.45, 7) is 0.136. The number of nitrogens with one attached hydrogen (secondary N) is 1. The number of rotatable bonds is 12. The van der Waals surface area contributed by atoms with Gasteiger partial charge in [0.25, 0.3) is 5.91 Å². The van der Waals surface area contributed by atoms with Gasteiger partial charge in [0.1, 0.15) is 11.8 Å². The molecule has 212 valence electrons. The van der Waals surface area contributed by atoms with Gasteiger partial charge >= 0.3 is 0 Å². The first kappa shape index (κ1) is 28.9. The van der Waals surface area contributed by atoms with Crippen LogP contribution in [0.2, 0.25) is 0 Å². The molecule has 1 N–H and O–H groups in total. The first-order chi connectivity index (χ1) is 20.0. The average Bonchev–Trinajstić information content (AvgIpc) is 3.01. The van der Waals surface area contributed by atoms with Gasteiger partial charge in [-0.15, -0.1) is 0 Å². The van der Waals surface area contributed by atoms with Gasteiger partial charge in [-0.3, -0.25) is 14.6 Å². The Balaban J connectivity index is 1.83. The minimum Gasteiger partial charge on any atom is -0.497 e. The monoisotopic (exact) mass is 555 g/mol. The van der Waals surface area contributed by atoms with Gasteiger partial charge in [-0.05, 0) is 59.2 Å². The number of anilines is 1. The number of nitrogens with zero attached hydrogens (tertiary/aromatic N) is 2. The lowest BCUT2D eigenvalue weighted by Crippen LogP contribution is -2.41. The lowest BCUT2D eigenvalue weighted by Gasteiger charge is -2.32. The van der Waals surface area contributed by atoms with Crippen molar-refractivity contribution in [3.8, 4) is 23.0 Å². The van der Waals surface area contributed by atoms with Gasteiger partial charge < -0.3 is 29.2 Å². The number of carbonyl (C=O) groups excluding carboxylic acids is 2. The number of amides is 2. The van der Waals surface area contributed by atoms with Gasteiger partial charge in [0.2, 0.25) is 11.7 Å². The number of benzene rings is 3. The fraction of sp³-hybridized carbons (Fsp3) is 0.219. The van der Waals surface area contributed by atoms with E-state index in [9.17, 15) is 9.59 Å². The molecule has 0 spiro atoms. The molecular weight excluding hydrogens is 522 g/mol. The predicted octanol–water partition coefficient (Wildman–Crippen LogP) is 5.07. The van der Waals surface area contributed by atoms with Crippen molar-refractivity contribution in [2.75, 3.05) is 33.8 Å². The van der Waals surface area contributed by atoms with E-state index in [4.69, 9.17) is 18.9 Å². The highest BCUT2D eigenvalue weighted by molar-refractivity contribution is 5.98. The zero-order valence-electron chi connectivity index (χ0n) is 23.5. The summed E-state index contributed by atoms with van der Waals surface area (Å²) in [7, 11) is 6.08. The Morgan fingerprint density at radius 1 is 0.805 bits per heavy atom.